The third-order valence-corrected chi connectivity index (χ3v) is 6.61. The van der Waals surface area contributed by atoms with Crippen LogP contribution in [0.4, 0.5) is 0 Å². The van der Waals surface area contributed by atoms with Gasteiger partial charge in [-0.3, -0.25) is 4.79 Å². The number of fused-ring (bicyclic) bond motifs is 5. The highest BCUT2D eigenvalue weighted by atomic mass is 16.3. The largest absolute Gasteiger partial charge is 0.381 e. The molecular formula is C18H23O2. The molecule has 5 atom stereocenters. The van der Waals surface area contributed by atoms with Gasteiger partial charge in [-0.2, -0.15) is 0 Å². The van der Waals surface area contributed by atoms with Crippen molar-refractivity contribution in [2.24, 2.45) is 23.2 Å². The highest BCUT2D eigenvalue weighted by molar-refractivity contribution is 6.01. The molecule has 0 amide bonds. The zero-order valence-electron chi connectivity index (χ0n) is 12.1. The first kappa shape index (κ1) is 12.8. The van der Waals surface area contributed by atoms with Gasteiger partial charge in [-0.25, -0.2) is 0 Å². The van der Waals surface area contributed by atoms with E-state index in [1.165, 1.54) is 19.3 Å². The summed E-state index contributed by atoms with van der Waals surface area (Å²) < 4.78 is 0. The zero-order valence-corrected chi connectivity index (χ0v) is 12.1. The highest BCUT2D eigenvalue weighted by Gasteiger charge is 2.56. The second-order valence-electron chi connectivity index (χ2n) is 7.47. The van der Waals surface area contributed by atoms with E-state index in [9.17, 15) is 9.90 Å². The van der Waals surface area contributed by atoms with E-state index in [2.05, 4.69) is 13.3 Å². The van der Waals surface area contributed by atoms with Gasteiger partial charge in [-0.05, 0) is 91.9 Å². The molecule has 0 heterocycles. The van der Waals surface area contributed by atoms with Crippen LogP contribution in [0.15, 0.2) is 23.8 Å². The van der Waals surface area contributed by atoms with E-state index in [4.69, 9.17) is 0 Å². The van der Waals surface area contributed by atoms with Crippen LogP contribution in [0.2, 0.25) is 0 Å². The molecule has 0 bridgehead atoms. The Hall–Kier alpha value is -0.890. The van der Waals surface area contributed by atoms with E-state index in [0.717, 1.165) is 30.8 Å². The van der Waals surface area contributed by atoms with Gasteiger partial charge in [0.1, 0.15) is 5.60 Å². The van der Waals surface area contributed by atoms with Gasteiger partial charge in [0.2, 0.25) is 0 Å². The summed E-state index contributed by atoms with van der Waals surface area (Å²) in [6.07, 6.45) is 14.4. The quantitative estimate of drug-likeness (QED) is 0.734. The summed E-state index contributed by atoms with van der Waals surface area (Å²) in [6, 6.07) is 0. The van der Waals surface area contributed by atoms with Gasteiger partial charge in [-0.15, -0.1) is 0 Å². The fourth-order valence-corrected chi connectivity index (χ4v) is 5.58. The number of rotatable bonds is 0. The first-order chi connectivity index (χ1) is 9.53. The van der Waals surface area contributed by atoms with Crippen molar-refractivity contribution in [1.82, 2.24) is 0 Å². The summed E-state index contributed by atoms with van der Waals surface area (Å²) in [5.74, 6) is 1.71. The lowest BCUT2D eigenvalue weighted by Crippen LogP contribution is -2.53. The monoisotopic (exact) mass is 271 g/mol. The van der Waals surface area contributed by atoms with Crippen LogP contribution in [0, 0.1) is 29.6 Å². The number of carbonyl (C=O) groups is 1. The molecule has 3 fully saturated rings. The summed E-state index contributed by atoms with van der Waals surface area (Å²) in [4.78, 5) is 11.6. The van der Waals surface area contributed by atoms with Crippen LogP contribution in [0.1, 0.15) is 45.4 Å². The molecule has 0 unspecified atom stereocenters. The normalized spacial score (nSPS) is 50.2. The first-order valence-corrected chi connectivity index (χ1v) is 8.04. The molecule has 0 aliphatic heterocycles. The van der Waals surface area contributed by atoms with Gasteiger partial charge in [0.15, 0.2) is 5.78 Å². The molecule has 0 aromatic rings. The third-order valence-electron chi connectivity index (χ3n) is 6.61. The molecular weight excluding hydrogens is 248 g/mol. The molecule has 2 heteroatoms. The van der Waals surface area contributed by atoms with Gasteiger partial charge < -0.3 is 5.11 Å². The van der Waals surface area contributed by atoms with Crippen molar-refractivity contribution >= 4 is 5.78 Å². The average molecular weight is 271 g/mol. The summed E-state index contributed by atoms with van der Waals surface area (Å²) in [5, 5.41) is 11.2. The van der Waals surface area contributed by atoms with Crippen molar-refractivity contribution in [1.29, 1.82) is 0 Å². The Morgan fingerprint density at radius 1 is 1.25 bits per heavy atom. The molecule has 20 heavy (non-hydrogen) atoms. The Kier molecular flexibility index (Phi) is 2.61. The van der Waals surface area contributed by atoms with Crippen LogP contribution < -0.4 is 0 Å². The summed E-state index contributed by atoms with van der Waals surface area (Å²) in [6.45, 7) is 2.41. The number of ketones is 1. The van der Waals surface area contributed by atoms with Crippen LogP contribution in [0.5, 0.6) is 0 Å². The van der Waals surface area contributed by atoms with E-state index in [1.807, 2.05) is 0 Å². The topological polar surface area (TPSA) is 37.3 Å². The predicted molar refractivity (Wildman–Crippen MR) is 77.8 cm³/mol. The van der Waals surface area contributed by atoms with Gasteiger partial charge >= 0.3 is 0 Å². The van der Waals surface area contributed by atoms with E-state index < -0.39 is 5.60 Å². The van der Waals surface area contributed by atoms with Crippen LogP contribution in [0.25, 0.3) is 0 Å². The fourth-order valence-electron chi connectivity index (χ4n) is 5.58. The SMILES string of the molecule is C[C@@]12[CH]CC[C@H]1[C@@H]1CCC3=CC(=O)C=C[C@]3(O)[C@H]1CC2. The van der Waals surface area contributed by atoms with E-state index in [0.29, 0.717) is 17.3 Å². The van der Waals surface area contributed by atoms with Gasteiger partial charge in [0.05, 0.1) is 0 Å². The molecule has 2 nitrogen and oxygen atoms in total. The Labute approximate surface area is 120 Å². The van der Waals surface area contributed by atoms with Crippen molar-refractivity contribution in [2.75, 3.05) is 0 Å². The van der Waals surface area contributed by atoms with Crippen LogP contribution in [-0.2, 0) is 4.79 Å². The molecule has 0 spiro atoms. The second-order valence-corrected chi connectivity index (χ2v) is 7.47. The minimum absolute atomic E-state index is 0.0398. The lowest BCUT2D eigenvalue weighted by molar-refractivity contribution is -0.111. The van der Waals surface area contributed by atoms with Crippen molar-refractivity contribution in [2.45, 2.75) is 51.0 Å². The highest BCUT2D eigenvalue weighted by Crippen LogP contribution is 2.61. The molecule has 4 aliphatic rings. The zero-order chi connectivity index (χ0) is 14.0. The Balaban J connectivity index is 1.71. The third kappa shape index (κ3) is 1.57. The number of hydrogen-bond donors (Lipinski definition) is 1. The first-order valence-electron chi connectivity index (χ1n) is 8.04. The standard InChI is InChI=1S/C18H23O2/c1-17-8-2-3-15(17)14-5-4-12-11-13(19)6-10-18(12,20)16(14)7-9-17/h6,8,10-11,14-16,20H,2-5,7,9H2,1H3/t14-,15-,16-,17-,18+/m0/s1. The van der Waals surface area contributed by atoms with Crippen molar-refractivity contribution < 1.29 is 9.90 Å². The lowest BCUT2D eigenvalue weighted by Gasteiger charge is -2.55. The van der Waals surface area contributed by atoms with Crippen LogP contribution in [0.3, 0.4) is 0 Å². The van der Waals surface area contributed by atoms with Crippen molar-refractivity contribution in [3.8, 4) is 0 Å². The van der Waals surface area contributed by atoms with E-state index in [-0.39, 0.29) is 5.78 Å². The average Bonchev–Trinajstić information content (AvgIpc) is 2.81. The minimum atomic E-state index is -0.833. The lowest BCUT2D eigenvalue weighted by atomic mass is 9.52. The van der Waals surface area contributed by atoms with Crippen molar-refractivity contribution in [3.05, 3.63) is 30.2 Å². The maximum Gasteiger partial charge on any atom is 0.178 e. The fraction of sp³-hybridized carbons (Fsp3) is 0.667. The predicted octanol–water partition coefficient (Wildman–Crippen LogP) is 3.22. The number of carbonyl (C=O) groups excluding carboxylic acids is 1. The second kappa shape index (κ2) is 4.07. The van der Waals surface area contributed by atoms with Gasteiger partial charge in [-0.1, -0.05) is 6.92 Å². The van der Waals surface area contributed by atoms with Crippen LogP contribution in [-0.4, -0.2) is 16.5 Å². The van der Waals surface area contributed by atoms with Gasteiger partial charge in [0.25, 0.3) is 0 Å². The number of aliphatic hydroxyl groups is 1. The van der Waals surface area contributed by atoms with E-state index in [1.54, 1.807) is 18.2 Å². The minimum Gasteiger partial charge on any atom is -0.381 e. The Morgan fingerprint density at radius 3 is 2.95 bits per heavy atom. The summed E-state index contributed by atoms with van der Waals surface area (Å²) in [5.41, 5.74) is 0.532. The maximum absolute atomic E-state index is 11.6. The molecule has 0 saturated heterocycles. The Bertz CT molecular complexity index is 518. The van der Waals surface area contributed by atoms with Crippen molar-refractivity contribution in [3.63, 3.8) is 0 Å². The molecule has 3 saturated carbocycles. The molecule has 0 aromatic heterocycles. The maximum atomic E-state index is 11.6. The van der Waals surface area contributed by atoms with Gasteiger partial charge in [0, 0.05) is 0 Å². The molecule has 1 radical (unpaired) electrons. The molecule has 107 valence electrons. The number of allylic oxidation sites excluding steroid dienone is 2. The van der Waals surface area contributed by atoms with Crippen LogP contribution >= 0.6 is 0 Å². The van der Waals surface area contributed by atoms with E-state index >= 15 is 0 Å². The summed E-state index contributed by atoms with van der Waals surface area (Å²) >= 11 is 0. The smallest absolute Gasteiger partial charge is 0.178 e. The summed E-state index contributed by atoms with van der Waals surface area (Å²) in [7, 11) is 0. The molecule has 4 rings (SSSR count). The number of hydrogen-bond acceptors (Lipinski definition) is 2. The Morgan fingerprint density at radius 2 is 2.10 bits per heavy atom. The molecule has 1 N–H and O–H groups in total. The molecule has 0 aromatic carbocycles. The molecule has 4 aliphatic carbocycles.